The number of nitrogens with zero attached hydrogens (tertiary/aromatic N) is 1. The van der Waals surface area contributed by atoms with E-state index in [0.717, 1.165) is 0 Å². The Bertz CT molecular complexity index is 921. The quantitative estimate of drug-likeness (QED) is 0.638. The number of amides is 1. The van der Waals surface area contributed by atoms with Gasteiger partial charge in [-0.3, -0.25) is 9.78 Å². The second-order valence-corrected chi connectivity index (χ2v) is 5.21. The maximum absolute atomic E-state index is 14.1. The number of rotatable bonds is 6. The van der Waals surface area contributed by atoms with Gasteiger partial charge in [0, 0.05) is 6.54 Å². The minimum atomic E-state index is -0.554. The van der Waals surface area contributed by atoms with Gasteiger partial charge in [-0.05, 0) is 36.2 Å². The number of nitrogens with one attached hydrogen (secondary N) is 3. The van der Waals surface area contributed by atoms with Crippen LogP contribution in [-0.4, -0.2) is 27.6 Å². The monoisotopic (exact) mass is 342 g/mol. The van der Waals surface area contributed by atoms with Crippen molar-refractivity contribution in [2.45, 2.75) is 6.42 Å². The summed E-state index contributed by atoms with van der Waals surface area (Å²) in [6.45, 7) is 0.270. The number of aromatic nitrogens is 3. The Morgan fingerprint density at radius 2 is 2.00 bits per heavy atom. The predicted molar refractivity (Wildman–Crippen MR) is 88.2 cm³/mol. The molecule has 1 amide bonds. The SMILES string of the molecule is O=C(NCCc1ccc(Oc2ccccc2)c(F)c1)c1n[nH]c(=O)[nH]1. The fourth-order valence-electron chi connectivity index (χ4n) is 2.18. The molecule has 128 valence electrons. The highest BCUT2D eigenvalue weighted by atomic mass is 19.1. The smallest absolute Gasteiger partial charge is 0.341 e. The molecule has 0 saturated heterocycles. The first-order chi connectivity index (χ1) is 12.1. The minimum Gasteiger partial charge on any atom is -0.454 e. The van der Waals surface area contributed by atoms with Crippen LogP contribution in [0.1, 0.15) is 16.2 Å². The molecule has 0 saturated carbocycles. The molecule has 0 atom stereocenters. The van der Waals surface area contributed by atoms with E-state index in [1.807, 2.05) is 6.07 Å². The first kappa shape index (κ1) is 16.4. The second kappa shape index (κ2) is 7.43. The maximum Gasteiger partial charge on any atom is 0.341 e. The van der Waals surface area contributed by atoms with E-state index in [2.05, 4.69) is 20.5 Å². The van der Waals surface area contributed by atoms with E-state index in [1.54, 1.807) is 36.4 Å². The summed E-state index contributed by atoms with van der Waals surface area (Å²) in [5.41, 5.74) is 0.148. The van der Waals surface area contributed by atoms with Crippen LogP contribution in [0.3, 0.4) is 0 Å². The standard InChI is InChI=1S/C17H15FN4O3/c18-13-10-11(6-7-14(13)25-12-4-2-1-3-5-12)8-9-19-16(23)15-20-17(24)22-21-15/h1-7,10H,8-9H2,(H,19,23)(H2,20,21,22,24). The van der Waals surface area contributed by atoms with Crippen LogP contribution in [0.4, 0.5) is 4.39 Å². The zero-order valence-electron chi connectivity index (χ0n) is 13.1. The second-order valence-electron chi connectivity index (χ2n) is 5.21. The molecule has 0 aliphatic carbocycles. The van der Waals surface area contributed by atoms with Crippen LogP contribution in [0.25, 0.3) is 0 Å². The van der Waals surface area contributed by atoms with Crippen molar-refractivity contribution in [1.82, 2.24) is 20.5 Å². The topological polar surface area (TPSA) is 99.9 Å². The van der Waals surface area contributed by atoms with Crippen molar-refractivity contribution in [2.75, 3.05) is 6.54 Å². The molecule has 1 heterocycles. The summed E-state index contributed by atoms with van der Waals surface area (Å²) in [7, 11) is 0. The molecule has 2 aromatic carbocycles. The molecule has 1 aromatic heterocycles. The van der Waals surface area contributed by atoms with Crippen LogP contribution in [0, 0.1) is 5.82 Å². The van der Waals surface area contributed by atoms with E-state index in [4.69, 9.17) is 4.74 Å². The average molecular weight is 342 g/mol. The van der Waals surface area contributed by atoms with E-state index in [0.29, 0.717) is 17.7 Å². The zero-order chi connectivity index (χ0) is 17.6. The van der Waals surface area contributed by atoms with Crippen molar-refractivity contribution in [3.05, 3.63) is 76.2 Å². The number of halogens is 1. The Hall–Kier alpha value is -3.42. The number of carbonyl (C=O) groups is 1. The van der Waals surface area contributed by atoms with Gasteiger partial charge in [0.15, 0.2) is 11.6 Å². The summed E-state index contributed by atoms with van der Waals surface area (Å²) in [6, 6.07) is 13.6. The fraction of sp³-hybridized carbons (Fsp3) is 0.118. The van der Waals surface area contributed by atoms with Crippen molar-refractivity contribution >= 4 is 5.91 Å². The van der Waals surface area contributed by atoms with Gasteiger partial charge in [0.2, 0.25) is 5.82 Å². The number of ether oxygens (including phenoxy) is 1. The molecule has 3 rings (SSSR count). The number of hydrogen-bond acceptors (Lipinski definition) is 4. The minimum absolute atomic E-state index is 0.0946. The number of H-pyrrole nitrogens is 2. The molecule has 0 fully saturated rings. The van der Waals surface area contributed by atoms with E-state index in [-0.39, 0.29) is 18.1 Å². The number of para-hydroxylation sites is 1. The molecule has 0 radical (unpaired) electrons. The van der Waals surface area contributed by atoms with Crippen molar-refractivity contribution in [1.29, 1.82) is 0 Å². The van der Waals surface area contributed by atoms with Gasteiger partial charge in [-0.2, -0.15) is 0 Å². The lowest BCUT2D eigenvalue weighted by Gasteiger charge is -2.08. The molecule has 0 aliphatic heterocycles. The summed E-state index contributed by atoms with van der Waals surface area (Å²) >= 11 is 0. The molecule has 0 unspecified atom stereocenters. The first-order valence-electron chi connectivity index (χ1n) is 7.56. The first-order valence-corrected chi connectivity index (χ1v) is 7.56. The van der Waals surface area contributed by atoms with Crippen LogP contribution < -0.4 is 15.7 Å². The Morgan fingerprint density at radius 3 is 2.68 bits per heavy atom. The molecular formula is C17H15FN4O3. The summed E-state index contributed by atoms with van der Waals surface area (Å²) in [5.74, 6) is -0.405. The lowest BCUT2D eigenvalue weighted by molar-refractivity contribution is 0.0944. The highest BCUT2D eigenvalue weighted by molar-refractivity contribution is 5.90. The van der Waals surface area contributed by atoms with Gasteiger partial charge in [0.05, 0.1) is 0 Å². The van der Waals surface area contributed by atoms with Crippen molar-refractivity contribution < 1.29 is 13.9 Å². The average Bonchev–Trinajstić information content (AvgIpc) is 3.05. The third-order valence-electron chi connectivity index (χ3n) is 3.38. The number of carbonyl (C=O) groups excluding carboxylic acids is 1. The van der Waals surface area contributed by atoms with Crippen LogP contribution in [-0.2, 0) is 6.42 Å². The van der Waals surface area contributed by atoms with Crippen molar-refractivity contribution in [3.8, 4) is 11.5 Å². The van der Waals surface area contributed by atoms with Crippen LogP contribution in [0.2, 0.25) is 0 Å². The summed E-state index contributed by atoms with van der Waals surface area (Å²) in [5, 5.41) is 8.22. The van der Waals surface area contributed by atoms with E-state index >= 15 is 0 Å². The Labute approximate surface area is 141 Å². The highest BCUT2D eigenvalue weighted by Gasteiger charge is 2.10. The fourth-order valence-corrected chi connectivity index (χ4v) is 2.18. The normalized spacial score (nSPS) is 10.4. The molecule has 3 N–H and O–H groups in total. The highest BCUT2D eigenvalue weighted by Crippen LogP contribution is 2.24. The van der Waals surface area contributed by atoms with Crippen LogP contribution in [0.15, 0.2) is 53.3 Å². The maximum atomic E-state index is 14.1. The van der Waals surface area contributed by atoms with Crippen LogP contribution in [0.5, 0.6) is 11.5 Å². The molecule has 7 nitrogen and oxygen atoms in total. The molecule has 0 spiro atoms. The third kappa shape index (κ3) is 4.31. The number of benzene rings is 2. The Balaban J connectivity index is 1.56. The van der Waals surface area contributed by atoms with Crippen molar-refractivity contribution in [3.63, 3.8) is 0 Å². The molecule has 8 heteroatoms. The van der Waals surface area contributed by atoms with Gasteiger partial charge in [-0.15, -0.1) is 5.10 Å². The lowest BCUT2D eigenvalue weighted by Crippen LogP contribution is -2.27. The van der Waals surface area contributed by atoms with Gasteiger partial charge in [0.25, 0.3) is 5.91 Å². The number of hydrogen-bond donors (Lipinski definition) is 3. The summed E-state index contributed by atoms with van der Waals surface area (Å²) in [4.78, 5) is 24.9. The Kier molecular flexibility index (Phi) is 4.89. The van der Waals surface area contributed by atoms with E-state index < -0.39 is 17.4 Å². The largest absolute Gasteiger partial charge is 0.454 e. The molecular weight excluding hydrogens is 327 g/mol. The van der Waals surface area contributed by atoms with Gasteiger partial charge < -0.3 is 10.1 Å². The van der Waals surface area contributed by atoms with Gasteiger partial charge in [-0.25, -0.2) is 14.3 Å². The summed E-state index contributed by atoms with van der Waals surface area (Å²) in [6.07, 6.45) is 0.420. The molecule has 0 bridgehead atoms. The predicted octanol–water partition coefficient (Wildman–Crippen LogP) is 2.00. The van der Waals surface area contributed by atoms with E-state index in [9.17, 15) is 14.0 Å². The molecule has 25 heavy (non-hydrogen) atoms. The van der Waals surface area contributed by atoms with Crippen LogP contribution >= 0.6 is 0 Å². The van der Waals surface area contributed by atoms with Gasteiger partial charge in [0.1, 0.15) is 5.75 Å². The number of aromatic amines is 2. The molecule has 0 aliphatic rings. The molecule has 3 aromatic rings. The lowest BCUT2D eigenvalue weighted by atomic mass is 10.1. The van der Waals surface area contributed by atoms with E-state index in [1.165, 1.54) is 6.07 Å². The third-order valence-corrected chi connectivity index (χ3v) is 3.38. The zero-order valence-corrected chi connectivity index (χ0v) is 13.1. The van der Waals surface area contributed by atoms with Crippen molar-refractivity contribution in [2.24, 2.45) is 0 Å². The van der Waals surface area contributed by atoms with Gasteiger partial charge in [-0.1, -0.05) is 24.3 Å². The van der Waals surface area contributed by atoms with Gasteiger partial charge >= 0.3 is 5.69 Å². The summed E-state index contributed by atoms with van der Waals surface area (Å²) < 4.78 is 19.6. The Morgan fingerprint density at radius 1 is 1.20 bits per heavy atom.